The van der Waals surface area contributed by atoms with Crippen molar-refractivity contribution in [1.29, 1.82) is 0 Å². The normalized spacial score (nSPS) is 10.6. The summed E-state index contributed by atoms with van der Waals surface area (Å²) in [4.78, 5) is 12.0. The summed E-state index contributed by atoms with van der Waals surface area (Å²) in [6.45, 7) is 4.45. The number of halogens is 2. The maximum Gasteiger partial charge on any atom is 0.254 e. The van der Waals surface area contributed by atoms with Crippen LogP contribution in [0.5, 0.6) is 0 Å². The third-order valence-corrected chi connectivity index (χ3v) is 3.67. The zero-order valence-electron chi connectivity index (χ0n) is 11.3. The Hall–Kier alpha value is -1.52. The minimum atomic E-state index is -0.115. The molecule has 0 fully saturated rings. The predicted octanol–water partition coefficient (Wildman–Crippen LogP) is 3.49. The van der Waals surface area contributed by atoms with Crippen molar-refractivity contribution in [2.45, 2.75) is 20.3 Å². The Morgan fingerprint density at radius 2 is 2.05 bits per heavy atom. The average Bonchev–Trinajstić information content (AvgIpc) is 2.86. The molecule has 0 atom stereocenters. The highest BCUT2D eigenvalue weighted by molar-refractivity contribution is 6.42. The number of hydrogen-bond donors (Lipinski definition) is 1. The number of carbonyl (C=O) groups is 1. The fourth-order valence-electron chi connectivity index (χ4n) is 2.00. The van der Waals surface area contributed by atoms with Crippen LogP contribution in [0.25, 0.3) is 5.69 Å². The molecule has 0 aliphatic heterocycles. The molecule has 1 amide bonds. The Balaban J connectivity index is 2.47. The van der Waals surface area contributed by atoms with Gasteiger partial charge in [0.1, 0.15) is 0 Å². The van der Waals surface area contributed by atoms with Crippen LogP contribution in [0.15, 0.2) is 24.4 Å². The van der Waals surface area contributed by atoms with E-state index in [1.54, 1.807) is 23.0 Å². The SMILES string of the molecule is CCNC(=O)c1cnn(-c2ccc(Cl)c(Cl)c2)c1CC. The van der Waals surface area contributed by atoms with Crippen molar-refractivity contribution >= 4 is 29.1 Å². The molecule has 1 aromatic heterocycles. The van der Waals surface area contributed by atoms with Crippen molar-refractivity contribution in [2.75, 3.05) is 6.54 Å². The average molecular weight is 312 g/mol. The van der Waals surface area contributed by atoms with Gasteiger partial charge >= 0.3 is 0 Å². The van der Waals surface area contributed by atoms with Crippen LogP contribution < -0.4 is 5.32 Å². The zero-order chi connectivity index (χ0) is 14.7. The summed E-state index contributed by atoms with van der Waals surface area (Å²) in [5.41, 5.74) is 2.21. The van der Waals surface area contributed by atoms with Crippen LogP contribution in [0.1, 0.15) is 29.9 Å². The molecule has 20 heavy (non-hydrogen) atoms. The number of aromatic nitrogens is 2. The number of rotatable bonds is 4. The van der Waals surface area contributed by atoms with E-state index in [0.717, 1.165) is 11.4 Å². The maximum atomic E-state index is 12.0. The number of amides is 1. The highest BCUT2D eigenvalue weighted by atomic mass is 35.5. The minimum absolute atomic E-state index is 0.115. The molecule has 1 heterocycles. The number of nitrogens with one attached hydrogen (secondary N) is 1. The second-order valence-corrected chi connectivity index (χ2v) is 5.04. The van der Waals surface area contributed by atoms with E-state index in [0.29, 0.717) is 28.6 Å². The molecule has 0 spiro atoms. The van der Waals surface area contributed by atoms with Crippen molar-refractivity contribution in [1.82, 2.24) is 15.1 Å². The first-order valence-corrected chi connectivity index (χ1v) is 7.14. The van der Waals surface area contributed by atoms with Gasteiger partial charge in [-0.3, -0.25) is 4.79 Å². The largest absolute Gasteiger partial charge is 0.352 e. The third kappa shape index (κ3) is 2.81. The molecule has 4 nitrogen and oxygen atoms in total. The first-order valence-electron chi connectivity index (χ1n) is 6.39. The summed E-state index contributed by atoms with van der Waals surface area (Å²) in [5.74, 6) is -0.115. The molecule has 2 rings (SSSR count). The van der Waals surface area contributed by atoms with Gasteiger partial charge in [-0.2, -0.15) is 5.10 Å². The summed E-state index contributed by atoms with van der Waals surface area (Å²) in [6, 6.07) is 5.27. The van der Waals surface area contributed by atoms with Crippen LogP contribution >= 0.6 is 23.2 Å². The maximum absolute atomic E-state index is 12.0. The summed E-state index contributed by atoms with van der Waals surface area (Å²) < 4.78 is 1.72. The molecule has 6 heteroatoms. The van der Waals surface area contributed by atoms with E-state index < -0.39 is 0 Å². The Labute approximate surface area is 127 Å². The standard InChI is InChI=1S/C14H15Cl2N3O/c1-3-13-10(14(20)17-4-2)8-18-19(13)9-5-6-11(15)12(16)7-9/h5-8H,3-4H2,1-2H3,(H,17,20). The van der Waals surface area contributed by atoms with E-state index in [1.165, 1.54) is 0 Å². The van der Waals surface area contributed by atoms with Crippen molar-refractivity contribution in [3.05, 3.63) is 45.7 Å². The van der Waals surface area contributed by atoms with Gasteiger partial charge in [-0.15, -0.1) is 0 Å². The molecule has 1 aromatic carbocycles. The first-order chi connectivity index (χ1) is 9.58. The quantitative estimate of drug-likeness (QED) is 0.939. The van der Waals surface area contributed by atoms with Crippen molar-refractivity contribution in [2.24, 2.45) is 0 Å². The van der Waals surface area contributed by atoms with Gasteiger partial charge in [0.15, 0.2) is 0 Å². The van der Waals surface area contributed by atoms with Gasteiger partial charge in [0.05, 0.1) is 33.2 Å². The van der Waals surface area contributed by atoms with Crippen molar-refractivity contribution in [3.8, 4) is 5.69 Å². The summed E-state index contributed by atoms with van der Waals surface area (Å²) in [7, 11) is 0. The molecule has 0 aliphatic rings. The Kier molecular flexibility index (Phi) is 4.68. The Morgan fingerprint density at radius 3 is 2.65 bits per heavy atom. The monoisotopic (exact) mass is 311 g/mol. The highest BCUT2D eigenvalue weighted by Crippen LogP contribution is 2.25. The van der Waals surface area contributed by atoms with Crippen LogP contribution in [0.4, 0.5) is 0 Å². The molecule has 0 aliphatic carbocycles. The van der Waals surface area contributed by atoms with E-state index in [1.807, 2.05) is 19.9 Å². The van der Waals surface area contributed by atoms with E-state index in [9.17, 15) is 4.79 Å². The molecule has 0 saturated carbocycles. The molecular weight excluding hydrogens is 297 g/mol. The van der Waals surface area contributed by atoms with Crippen LogP contribution in [-0.2, 0) is 6.42 Å². The minimum Gasteiger partial charge on any atom is -0.352 e. The zero-order valence-corrected chi connectivity index (χ0v) is 12.8. The van der Waals surface area contributed by atoms with Gasteiger partial charge < -0.3 is 5.32 Å². The van der Waals surface area contributed by atoms with Gasteiger partial charge in [0.25, 0.3) is 5.91 Å². The lowest BCUT2D eigenvalue weighted by Gasteiger charge is -2.09. The van der Waals surface area contributed by atoms with Crippen LogP contribution in [-0.4, -0.2) is 22.2 Å². The molecular formula is C14H15Cl2N3O. The number of carbonyl (C=O) groups excluding carboxylic acids is 1. The molecule has 2 aromatic rings. The van der Waals surface area contributed by atoms with Gasteiger partial charge in [-0.25, -0.2) is 4.68 Å². The fraction of sp³-hybridized carbons (Fsp3) is 0.286. The van der Waals surface area contributed by atoms with Crippen LogP contribution in [0.2, 0.25) is 10.0 Å². The first kappa shape index (κ1) is 14.9. The summed E-state index contributed by atoms with van der Waals surface area (Å²) >= 11 is 11.9. The lowest BCUT2D eigenvalue weighted by molar-refractivity contribution is 0.0955. The summed E-state index contributed by atoms with van der Waals surface area (Å²) in [5, 5.41) is 8.02. The molecule has 1 N–H and O–H groups in total. The fourth-order valence-corrected chi connectivity index (χ4v) is 2.29. The number of nitrogens with zero attached hydrogens (tertiary/aromatic N) is 2. The van der Waals surface area contributed by atoms with Gasteiger partial charge in [0, 0.05) is 6.54 Å². The van der Waals surface area contributed by atoms with Gasteiger partial charge in [0.2, 0.25) is 0 Å². The smallest absolute Gasteiger partial charge is 0.254 e. The molecule has 0 unspecified atom stereocenters. The second kappa shape index (κ2) is 6.29. The van der Waals surface area contributed by atoms with E-state index in [4.69, 9.17) is 23.2 Å². The topological polar surface area (TPSA) is 46.9 Å². The van der Waals surface area contributed by atoms with Crippen LogP contribution in [0.3, 0.4) is 0 Å². The van der Waals surface area contributed by atoms with E-state index >= 15 is 0 Å². The lowest BCUT2D eigenvalue weighted by atomic mass is 10.2. The second-order valence-electron chi connectivity index (χ2n) is 4.23. The third-order valence-electron chi connectivity index (χ3n) is 2.93. The highest BCUT2D eigenvalue weighted by Gasteiger charge is 2.16. The Morgan fingerprint density at radius 1 is 1.30 bits per heavy atom. The molecule has 0 saturated heterocycles. The lowest BCUT2D eigenvalue weighted by Crippen LogP contribution is -2.23. The van der Waals surface area contributed by atoms with E-state index in [2.05, 4.69) is 10.4 Å². The number of hydrogen-bond acceptors (Lipinski definition) is 2. The molecule has 106 valence electrons. The molecule has 0 bridgehead atoms. The predicted molar refractivity (Wildman–Crippen MR) is 81.0 cm³/mol. The summed E-state index contributed by atoms with van der Waals surface area (Å²) in [6.07, 6.45) is 2.26. The van der Waals surface area contributed by atoms with E-state index in [-0.39, 0.29) is 5.91 Å². The Bertz CT molecular complexity index is 637. The van der Waals surface area contributed by atoms with Crippen LogP contribution in [0, 0.1) is 0 Å². The van der Waals surface area contributed by atoms with Gasteiger partial charge in [-0.05, 0) is 31.5 Å². The molecule has 0 radical (unpaired) electrons. The number of benzene rings is 1. The van der Waals surface area contributed by atoms with Gasteiger partial charge in [-0.1, -0.05) is 30.1 Å². The van der Waals surface area contributed by atoms with Crippen molar-refractivity contribution in [3.63, 3.8) is 0 Å². The van der Waals surface area contributed by atoms with Crippen molar-refractivity contribution < 1.29 is 4.79 Å².